The molecule has 2 saturated carbocycles. The third-order valence-corrected chi connectivity index (χ3v) is 4.57. The first-order valence-corrected chi connectivity index (χ1v) is 6.71. The number of hydrogen-bond donors (Lipinski definition) is 1. The summed E-state index contributed by atoms with van der Waals surface area (Å²) < 4.78 is 0. The van der Waals surface area contributed by atoms with Crippen molar-refractivity contribution in [2.45, 2.75) is 43.8 Å². The first-order valence-electron chi connectivity index (χ1n) is 5.83. The molecule has 0 bridgehead atoms. The van der Waals surface area contributed by atoms with E-state index in [9.17, 15) is 0 Å². The zero-order valence-corrected chi connectivity index (χ0v) is 9.80. The zero-order valence-electron chi connectivity index (χ0n) is 8.98. The SMILES string of the molecule is NCC1(N(Cc2cccs2)C2CC2)CC1. The summed E-state index contributed by atoms with van der Waals surface area (Å²) in [5.41, 5.74) is 6.31. The first-order chi connectivity index (χ1) is 7.34. The Balaban J connectivity index is 1.74. The predicted octanol–water partition coefficient (Wildman–Crippen LogP) is 2.20. The second-order valence-corrected chi connectivity index (χ2v) is 5.90. The molecule has 2 N–H and O–H groups in total. The van der Waals surface area contributed by atoms with Crippen LogP contribution in [0.5, 0.6) is 0 Å². The lowest BCUT2D eigenvalue weighted by molar-refractivity contribution is 0.163. The minimum Gasteiger partial charge on any atom is -0.329 e. The molecule has 2 nitrogen and oxygen atoms in total. The van der Waals surface area contributed by atoms with Crippen molar-refractivity contribution >= 4 is 11.3 Å². The monoisotopic (exact) mass is 222 g/mol. The van der Waals surface area contributed by atoms with Gasteiger partial charge in [-0.25, -0.2) is 0 Å². The largest absolute Gasteiger partial charge is 0.329 e. The summed E-state index contributed by atoms with van der Waals surface area (Å²) in [7, 11) is 0. The molecule has 2 aliphatic carbocycles. The van der Waals surface area contributed by atoms with Crippen LogP contribution in [-0.2, 0) is 6.54 Å². The highest BCUT2D eigenvalue weighted by molar-refractivity contribution is 7.09. The molecule has 1 heterocycles. The smallest absolute Gasteiger partial charge is 0.0339 e. The molecule has 82 valence electrons. The molecule has 3 heteroatoms. The number of thiophene rings is 1. The van der Waals surface area contributed by atoms with Crippen molar-refractivity contribution in [1.82, 2.24) is 4.90 Å². The van der Waals surface area contributed by atoms with Crippen LogP contribution in [0.2, 0.25) is 0 Å². The second kappa shape index (κ2) is 3.58. The van der Waals surface area contributed by atoms with E-state index < -0.39 is 0 Å². The fourth-order valence-electron chi connectivity index (χ4n) is 2.39. The van der Waals surface area contributed by atoms with E-state index in [0.717, 1.165) is 19.1 Å². The molecule has 3 rings (SSSR count). The van der Waals surface area contributed by atoms with Gasteiger partial charge in [-0.05, 0) is 37.1 Å². The maximum Gasteiger partial charge on any atom is 0.0339 e. The highest BCUT2D eigenvalue weighted by Gasteiger charge is 2.51. The van der Waals surface area contributed by atoms with Crippen molar-refractivity contribution in [2.75, 3.05) is 6.54 Å². The number of rotatable bonds is 5. The van der Waals surface area contributed by atoms with Crippen LogP contribution in [0, 0.1) is 0 Å². The van der Waals surface area contributed by atoms with E-state index in [-0.39, 0.29) is 0 Å². The molecule has 0 spiro atoms. The van der Waals surface area contributed by atoms with Crippen molar-refractivity contribution in [3.63, 3.8) is 0 Å². The van der Waals surface area contributed by atoms with E-state index >= 15 is 0 Å². The van der Waals surface area contributed by atoms with Gasteiger partial charge in [0, 0.05) is 29.5 Å². The van der Waals surface area contributed by atoms with Gasteiger partial charge in [-0.3, -0.25) is 4.90 Å². The normalized spacial score (nSPS) is 23.3. The molecule has 0 amide bonds. The molecule has 0 atom stereocenters. The fourth-order valence-corrected chi connectivity index (χ4v) is 3.10. The Morgan fingerprint density at radius 1 is 1.47 bits per heavy atom. The van der Waals surface area contributed by atoms with Gasteiger partial charge in [-0.2, -0.15) is 0 Å². The summed E-state index contributed by atoms with van der Waals surface area (Å²) in [5, 5.41) is 2.17. The third-order valence-electron chi connectivity index (χ3n) is 3.71. The number of nitrogens with two attached hydrogens (primary N) is 1. The molecule has 0 saturated heterocycles. The third kappa shape index (κ3) is 1.84. The van der Waals surface area contributed by atoms with Gasteiger partial charge in [0.05, 0.1) is 0 Å². The number of nitrogens with zero attached hydrogens (tertiary/aromatic N) is 1. The molecule has 2 fully saturated rings. The van der Waals surface area contributed by atoms with Gasteiger partial charge in [0.25, 0.3) is 0 Å². The maximum atomic E-state index is 5.93. The van der Waals surface area contributed by atoms with Gasteiger partial charge in [0.15, 0.2) is 0 Å². The molecule has 1 aromatic rings. The lowest BCUT2D eigenvalue weighted by Crippen LogP contribution is -2.43. The van der Waals surface area contributed by atoms with Crippen LogP contribution in [0.1, 0.15) is 30.6 Å². The predicted molar refractivity (Wildman–Crippen MR) is 63.9 cm³/mol. The Kier molecular flexibility index (Phi) is 2.34. The molecule has 1 aromatic heterocycles. The van der Waals surface area contributed by atoms with E-state index in [2.05, 4.69) is 22.4 Å². The molecule has 15 heavy (non-hydrogen) atoms. The van der Waals surface area contributed by atoms with Crippen molar-refractivity contribution in [3.8, 4) is 0 Å². The average Bonchev–Trinajstić information content (AvgIpc) is 3.17. The van der Waals surface area contributed by atoms with Gasteiger partial charge in [-0.15, -0.1) is 11.3 Å². The van der Waals surface area contributed by atoms with Crippen LogP contribution in [-0.4, -0.2) is 23.0 Å². The molecule has 0 aromatic carbocycles. The summed E-state index contributed by atoms with van der Waals surface area (Å²) in [6.07, 6.45) is 5.39. The van der Waals surface area contributed by atoms with Gasteiger partial charge < -0.3 is 5.73 Å². The Hall–Kier alpha value is -0.380. The fraction of sp³-hybridized carbons (Fsp3) is 0.667. The Bertz CT molecular complexity index is 325. The van der Waals surface area contributed by atoms with Crippen LogP contribution in [0.25, 0.3) is 0 Å². The van der Waals surface area contributed by atoms with Gasteiger partial charge in [-0.1, -0.05) is 6.07 Å². The van der Waals surface area contributed by atoms with E-state index in [1.807, 2.05) is 11.3 Å². The highest BCUT2D eigenvalue weighted by atomic mass is 32.1. The topological polar surface area (TPSA) is 29.3 Å². The zero-order chi connectivity index (χ0) is 10.3. The van der Waals surface area contributed by atoms with E-state index in [4.69, 9.17) is 5.73 Å². The van der Waals surface area contributed by atoms with Crippen LogP contribution in [0.4, 0.5) is 0 Å². The highest BCUT2D eigenvalue weighted by Crippen LogP contribution is 2.47. The van der Waals surface area contributed by atoms with E-state index in [1.165, 1.54) is 30.6 Å². The van der Waals surface area contributed by atoms with Gasteiger partial charge >= 0.3 is 0 Å². The van der Waals surface area contributed by atoms with Crippen molar-refractivity contribution in [2.24, 2.45) is 5.73 Å². The van der Waals surface area contributed by atoms with Crippen LogP contribution < -0.4 is 5.73 Å². The first kappa shape index (κ1) is 9.82. The second-order valence-electron chi connectivity index (χ2n) is 4.87. The lowest BCUT2D eigenvalue weighted by atomic mass is 10.2. The molecule has 0 radical (unpaired) electrons. The molecular weight excluding hydrogens is 204 g/mol. The minimum absolute atomic E-state index is 0.380. The molecule has 0 unspecified atom stereocenters. The van der Waals surface area contributed by atoms with Crippen LogP contribution in [0.3, 0.4) is 0 Å². The standard InChI is InChI=1S/C12H18N2S/c13-9-12(5-6-12)14(10-3-4-10)8-11-2-1-7-15-11/h1-2,7,10H,3-6,8-9,13H2. The van der Waals surface area contributed by atoms with E-state index in [0.29, 0.717) is 5.54 Å². The lowest BCUT2D eigenvalue weighted by Gasteiger charge is -2.30. The van der Waals surface area contributed by atoms with Crippen molar-refractivity contribution in [1.29, 1.82) is 0 Å². The summed E-state index contributed by atoms with van der Waals surface area (Å²) >= 11 is 1.87. The van der Waals surface area contributed by atoms with Crippen molar-refractivity contribution < 1.29 is 0 Å². The Morgan fingerprint density at radius 3 is 2.73 bits per heavy atom. The quantitative estimate of drug-likeness (QED) is 0.827. The average molecular weight is 222 g/mol. The van der Waals surface area contributed by atoms with Gasteiger partial charge in [0.2, 0.25) is 0 Å². The van der Waals surface area contributed by atoms with Gasteiger partial charge in [0.1, 0.15) is 0 Å². The Labute approximate surface area is 95.1 Å². The maximum absolute atomic E-state index is 5.93. The summed E-state index contributed by atoms with van der Waals surface area (Å²) in [6, 6.07) is 5.22. The number of hydrogen-bond acceptors (Lipinski definition) is 3. The van der Waals surface area contributed by atoms with E-state index in [1.54, 1.807) is 0 Å². The molecule has 2 aliphatic rings. The molecular formula is C12H18N2S. The van der Waals surface area contributed by atoms with Crippen LogP contribution in [0.15, 0.2) is 17.5 Å². The minimum atomic E-state index is 0.380. The molecule has 0 aliphatic heterocycles. The summed E-state index contributed by atoms with van der Waals surface area (Å²) in [6.45, 7) is 1.97. The van der Waals surface area contributed by atoms with Crippen molar-refractivity contribution in [3.05, 3.63) is 22.4 Å². The summed E-state index contributed by atoms with van der Waals surface area (Å²) in [4.78, 5) is 4.17. The Morgan fingerprint density at radius 2 is 2.27 bits per heavy atom. The van der Waals surface area contributed by atoms with Crippen LogP contribution >= 0.6 is 11.3 Å². The summed E-state index contributed by atoms with van der Waals surface area (Å²) in [5.74, 6) is 0.